The molecule has 1 aromatic carbocycles. The SMILES string of the molecule is CCc1ccc2c(c1CC)C(=O)NC2=O.O=C(O)CC(=O)O. The average molecular weight is 307 g/mol. The Morgan fingerprint density at radius 1 is 1.00 bits per heavy atom. The standard InChI is InChI=1S/C12H13NO2.C3H4O4/c1-3-7-5-6-9-10(8(7)4-2)12(15)13-11(9)14;4-2(5)1-3(6)7/h5-6H,3-4H2,1-2H3,(H,13,14,15);1H2,(H,4,5)(H,6,7). The summed E-state index contributed by atoms with van der Waals surface area (Å²) in [4.78, 5) is 41.9. The number of rotatable bonds is 4. The zero-order valence-electron chi connectivity index (χ0n) is 12.3. The van der Waals surface area contributed by atoms with E-state index in [4.69, 9.17) is 10.2 Å². The number of nitrogens with one attached hydrogen (secondary N) is 1. The van der Waals surface area contributed by atoms with Crippen molar-refractivity contribution in [1.29, 1.82) is 0 Å². The molecule has 0 bridgehead atoms. The lowest BCUT2D eigenvalue weighted by Gasteiger charge is -2.08. The van der Waals surface area contributed by atoms with Crippen LogP contribution in [0, 0.1) is 0 Å². The quantitative estimate of drug-likeness (QED) is 0.568. The van der Waals surface area contributed by atoms with Crippen molar-refractivity contribution in [2.75, 3.05) is 0 Å². The normalized spacial score (nSPS) is 12.1. The van der Waals surface area contributed by atoms with Crippen LogP contribution in [0.3, 0.4) is 0 Å². The second-order valence-corrected chi connectivity index (χ2v) is 4.58. The lowest BCUT2D eigenvalue weighted by atomic mass is 9.94. The number of benzene rings is 1. The summed E-state index contributed by atoms with van der Waals surface area (Å²) in [6, 6.07) is 3.68. The summed E-state index contributed by atoms with van der Waals surface area (Å²) in [5.41, 5.74) is 3.27. The first-order chi connectivity index (χ1) is 10.3. The molecule has 22 heavy (non-hydrogen) atoms. The van der Waals surface area contributed by atoms with Crippen molar-refractivity contribution in [3.8, 4) is 0 Å². The Balaban J connectivity index is 0.000000295. The number of carboxylic acid groups (broad SMARTS) is 2. The maximum atomic E-state index is 11.6. The Kier molecular flexibility index (Phi) is 5.80. The zero-order chi connectivity index (χ0) is 16.9. The second kappa shape index (κ2) is 7.35. The van der Waals surface area contributed by atoms with Gasteiger partial charge in [-0.15, -0.1) is 0 Å². The molecule has 0 aliphatic carbocycles. The monoisotopic (exact) mass is 307 g/mol. The molecule has 0 radical (unpaired) electrons. The van der Waals surface area contributed by atoms with E-state index >= 15 is 0 Å². The first-order valence-corrected chi connectivity index (χ1v) is 6.75. The van der Waals surface area contributed by atoms with Crippen LogP contribution in [0.4, 0.5) is 0 Å². The van der Waals surface area contributed by atoms with Crippen molar-refractivity contribution in [3.63, 3.8) is 0 Å². The number of hydrogen-bond donors (Lipinski definition) is 3. The Morgan fingerprint density at radius 3 is 2.00 bits per heavy atom. The van der Waals surface area contributed by atoms with Crippen molar-refractivity contribution < 1.29 is 29.4 Å². The Labute approximate surface area is 127 Å². The zero-order valence-corrected chi connectivity index (χ0v) is 12.3. The Bertz CT molecular complexity index is 623. The number of aryl methyl sites for hydroxylation is 1. The molecule has 0 unspecified atom stereocenters. The van der Waals surface area contributed by atoms with Crippen molar-refractivity contribution in [2.24, 2.45) is 0 Å². The highest BCUT2D eigenvalue weighted by Gasteiger charge is 2.29. The summed E-state index contributed by atoms with van der Waals surface area (Å²) >= 11 is 0. The third-order valence-corrected chi connectivity index (χ3v) is 3.15. The largest absolute Gasteiger partial charge is 0.481 e. The van der Waals surface area contributed by atoms with Gasteiger partial charge in [-0.25, -0.2) is 0 Å². The van der Waals surface area contributed by atoms with Crippen LogP contribution in [0.1, 0.15) is 52.1 Å². The van der Waals surface area contributed by atoms with Crippen molar-refractivity contribution >= 4 is 23.8 Å². The lowest BCUT2D eigenvalue weighted by Crippen LogP contribution is -2.20. The molecule has 0 spiro atoms. The number of fused-ring (bicyclic) bond motifs is 1. The summed E-state index contributed by atoms with van der Waals surface area (Å²) < 4.78 is 0. The van der Waals surface area contributed by atoms with Gasteiger partial charge in [0, 0.05) is 0 Å². The average Bonchev–Trinajstić information content (AvgIpc) is 2.72. The predicted molar refractivity (Wildman–Crippen MR) is 76.9 cm³/mol. The van der Waals surface area contributed by atoms with E-state index < -0.39 is 18.4 Å². The van der Waals surface area contributed by atoms with Crippen LogP contribution in [0.15, 0.2) is 12.1 Å². The maximum Gasteiger partial charge on any atom is 0.314 e. The molecule has 2 amide bonds. The molecule has 0 aromatic heterocycles. The molecular formula is C15H17NO6. The van der Waals surface area contributed by atoms with Gasteiger partial charge in [0.2, 0.25) is 0 Å². The van der Waals surface area contributed by atoms with Crippen LogP contribution in [-0.4, -0.2) is 34.0 Å². The van der Waals surface area contributed by atoms with Gasteiger partial charge in [-0.2, -0.15) is 0 Å². The minimum atomic E-state index is -1.31. The van der Waals surface area contributed by atoms with Gasteiger partial charge in [-0.3, -0.25) is 24.5 Å². The van der Waals surface area contributed by atoms with E-state index in [1.165, 1.54) is 0 Å². The topological polar surface area (TPSA) is 121 Å². The number of carbonyl (C=O) groups is 4. The van der Waals surface area contributed by atoms with Crippen LogP contribution in [0.25, 0.3) is 0 Å². The van der Waals surface area contributed by atoms with Crippen LogP contribution < -0.4 is 5.32 Å². The maximum absolute atomic E-state index is 11.6. The van der Waals surface area contributed by atoms with Gasteiger partial charge in [-0.05, 0) is 30.0 Å². The van der Waals surface area contributed by atoms with Gasteiger partial charge in [0.1, 0.15) is 6.42 Å². The summed E-state index contributed by atoms with van der Waals surface area (Å²) in [5, 5.41) is 17.7. The van der Waals surface area contributed by atoms with Crippen molar-refractivity contribution in [1.82, 2.24) is 5.32 Å². The van der Waals surface area contributed by atoms with Crippen molar-refractivity contribution in [2.45, 2.75) is 33.1 Å². The number of amides is 2. The van der Waals surface area contributed by atoms with E-state index in [-0.39, 0.29) is 11.8 Å². The molecule has 0 saturated carbocycles. The minimum absolute atomic E-state index is 0.248. The van der Waals surface area contributed by atoms with Crippen LogP contribution in [-0.2, 0) is 22.4 Å². The first kappa shape index (κ1) is 17.4. The molecule has 3 N–H and O–H groups in total. The van der Waals surface area contributed by atoms with E-state index in [0.717, 1.165) is 24.0 Å². The fraction of sp³-hybridized carbons (Fsp3) is 0.333. The highest BCUT2D eigenvalue weighted by molar-refractivity contribution is 6.22. The predicted octanol–water partition coefficient (Wildman–Crippen LogP) is 1.24. The Morgan fingerprint density at radius 2 is 1.59 bits per heavy atom. The smallest absolute Gasteiger partial charge is 0.314 e. The number of aliphatic carboxylic acids is 2. The molecule has 0 fully saturated rings. The summed E-state index contributed by atoms with van der Waals surface area (Å²) in [5.74, 6) is -3.14. The number of imide groups is 1. The molecule has 1 heterocycles. The third-order valence-electron chi connectivity index (χ3n) is 3.15. The van der Waals surface area contributed by atoms with E-state index in [1.807, 2.05) is 13.0 Å². The van der Waals surface area contributed by atoms with Crippen LogP contribution >= 0.6 is 0 Å². The number of carboxylic acids is 2. The molecule has 0 atom stereocenters. The molecule has 1 aliphatic heterocycles. The fourth-order valence-electron chi connectivity index (χ4n) is 2.24. The highest BCUT2D eigenvalue weighted by atomic mass is 16.4. The number of hydrogen-bond acceptors (Lipinski definition) is 4. The van der Waals surface area contributed by atoms with Crippen LogP contribution in [0.5, 0.6) is 0 Å². The molecule has 2 rings (SSSR count). The summed E-state index contributed by atoms with van der Waals surface area (Å²) in [6.07, 6.45) is 0.866. The Hall–Kier alpha value is -2.70. The molecular weight excluding hydrogens is 290 g/mol. The molecule has 1 aromatic rings. The molecule has 7 nitrogen and oxygen atoms in total. The second-order valence-electron chi connectivity index (χ2n) is 4.58. The van der Waals surface area contributed by atoms with Crippen molar-refractivity contribution in [3.05, 3.63) is 34.4 Å². The van der Waals surface area contributed by atoms with E-state index in [1.54, 1.807) is 6.07 Å². The summed E-state index contributed by atoms with van der Waals surface area (Å²) in [6.45, 7) is 4.06. The van der Waals surface area contributed by atoms with Gasteiger partial charge in [0.05, 0.1) is 11.1 Å². The van der Waals surface area contributed by atoms with Gasteiger partial charge >= 0.3 is 11.9 Å². The molecule has 1 aliphatic rings. The van der Waals surface area contributed by atoms with E-state index in [2.05, 4.69) is 12.2 Å². The molecule has 118 valence electrons. The van der Waals surface area contributed by atoms with Crippen LogP contribution in [0.2, 0.25) is 0 Å². The molecule has 7 heteroatoms. The lowest BCUT2D eigenvalue weighted by molar-refractivity contribution is -0.147. The fourth-order valence-corrected chi connectivity index (χ4v) is 2.24. The third kappa shape index (κ3) is 3.91. The number of carbonyl (C=O) groups excluding carboxylic acids is 2. The minimum Gasteiger partial charge on any atom is -0.481 e. The van der Waals surface area contributed by atoms with E-state index in [0.29, 0.717) is 11.1 Å². The van der Waals surface area contributed by atoms with Gasteiger partial charge in [0.25, 0.3) is 11.8 Å². The first-order valence-electron chi connectivity index (χ1n) is 6.75. The van der Waals surface area contributed by atoms with Gasteiger partial charge in [0.15, 0.2) is 0 Å². The van der Waals surface area contributed by atoms with Gasteiger partial charge < -0.3 is 10.2 Å². The molecule has 0 saturated heterocycles. The van der Waals surface area contributed by atoms with Gasteiger partial charge in [-0.1, -0.05) is 19.9 Å². The summed E-state index contributed by atoms with van der Waals surface area (Å²) in [7, 11) is 0. The highest BCUT2D eigenvalue weighted by Crippen LogP contribution is 2.24. The van der Waals surface area contributed by atoms with E-state index in [9.17, 15) is 19.2 Å².